The molecule has 144 heavy (non-hydrogen) atoms. The summed E-state index contributed by atoms with van der Waals surface area (Å²) in [5, 5.41) is 77.5. The molecule has 0 amide bonds. The predicted molar refractivity (Wildman–Crippen MR) is 561 cm³/mol. The zero-order valence-corrected chi connectivity index (χ0v) is 82.6. The zero-order valence-electron chi connectivity index (χ0n) is 78.7. The van der Waals surface area contributed by atoms with Crippen LogP contribution in [0.15, 0.2) is 181 Å². The number of nitro groups is 2. The number of ketones is 1. The highest BCUT2D eigenvalue weighted by atomic mass is 79.9. The van der Waals surface area contributed by atoms with Crippen LogP contribution in [0.1, 0.15) is 83.4 Å². The van der Waals surface area contributed by atoms with Gasteiger partial charge in [-0.1, -0.05) is 89.9 Å². The Kier molecular flexibility index (Phi) is 31.3. The molecule has 5 aliphatic heterocycles. The highest BCUT2D eigenvalue weighted by molar-refractivity contribution is 9.10. The van der Waals surface area contributed by atoms with E-state index in [-0.39, 0.29) is 40.5 Å². The van der Waals surface area contributed by atoms with Crippen molar-refractivity contribution in [1.82, 2.24) is 133 Å². The Labute approximate surface area is 844 Å². The molecule has 0 radical (unpaired) electrons. The van der Waals surface area contributed by atoms with Crippen molar-refractivity contribution in [3.05, 3.63) is 238 Å². The maximum atomic E-state index is 12.7. The van der Waals surface area contributed by atoms with Gasteiger partial charge in [-0.25, -0.2) is 34.9 Å². The van der Waals surface area contributed by atoms with E-state index in [0.29, 0.717) is 128 Å². The number of hydrogen-bond acceptors (Lipinski definition) is 40. The zero-order chi connectivity index (χ0) is 101. The third-order valence-electron chi connectivity index (χ3n) is 24.5. The van der Waals surface area contributed by atoms with E-state index in [0.717, 1.165) is 186 Å². The van der Waals surface area contributed by atoms with Gasteiger partial charge in [-0.15, -0.1) is 11.3 Å². The number of anilines is 13. The maximum Gasteiger partial charge on any atom is 0.333 e. The number of fused-ring (bicyclic) bond motifs is 7. The van der Waals surface area contributed by atoms with Gasteiger partial charge in [0.2, 0.25) is 11.3 Å². The molecule has 0 bridgehead atoms. The van der Waals surface area contributed by atoms with Crippen LogP contribution in [0.3, 0.4) is 0 Å². The molecular weight excluding hydrogens is 1970 g/mol. The number of likely N-dealkylation sites (N-methyl/N-ethyl adjacent to an activating group) is 1. The van der Waals surface area contributed by atoms with Gasteiger partial charge in [-0.05, 0) is 105 Å². The van der Waals surface area contributed by atoms with Crippen LogP contribution in [0.2, 0.25) is 10.0 Å². The van der Waals surface area contributed by atoms with Crippen LogP contribution in [0.25, 0.3) is 50.7 Å². The summed E-state index contributed by atoms with van der Waals surface area (Å²) in [4.78, 5) is 74.9. The van der Waals surface area contributed by atoms with Crippen molar-refractivity contribution in [3.8, 4) is 11.1 Å². The lowest BCUT2D eigenvalue weighted by atomic mass is 9.94. The molecule has 750 valence electrons. The van der Waals surface area contributed by atoms with E-state index in [1.165, 1.54) is 34.7 Å². The van der Waals surface area contributed by atoms with Gasteiger partial charge in [0.25, 0.3) is 0 Å². The molecule has 1 unspecified atom stereocenters. The van der Waals surface area contributed by atoms with Gasteiger partial charge in [0.05, 0.1) is 69.3 Å². The highest BCUT2D eigenvalue weighted by Crippen LogP contribution is 2.39. The molecule has 23 rings (SSSR count). The first kappa shape index (κ1) is 99.9. The monoisotopic (exact) mass is 2080 g/mol. The van der Waals surface area contributed by atoms with E-state index in [4.69, 9.17) is 79.8 Å². The number of nitrogens with two attached hydrogens (primary N) is 9. The Bertz CT molecular complexity index is 7530. The van der Waals surface area contributed by atoms with Crippen molar-refractivity contribution in [2.24, 2.45) is 18.5 Å². The molecule has 5 saturated heterocycles. The number of nitrogens with one attached hydrogen (secondary N) is 6. The largest absolute Gasteiger partial charge is 0.383 e. The molecule has 21 heterocycles. The lowest BCUT2D eigenvalue weighted by Crippen LogP contribution is -2.36. The minimum Gasteiger partial charge on any atom is -0.383 e. The Morgan fingerprint density at radius 1 is 0.569 bits per heavy atom. The van der Waals surface area contributed by atoms with Gasteiger partial charge < -0.3 is 103 Å². The topological polar surface area (TPSA) is 652 Å². The van der Waals surface area contributed by atoms with Gasteiger partial charge in [0.1, 0.15) is 92.3 Å². The van der Waals surface area contributed by atoms with Crippen molar-refractivity contribution in [1.29, 1.82) is 0 Å². The van der Waals surface area contributed by atoms with E-state index in [1.807, 2.05) is 78.8 Å². The number of rotatable bonds is 22. The molecule has 5 fully saturated rings. The van der Waals surface area contributed by atoms with Crippen LogP contribution in [0, 0.1) is 20.2 Å². The Balaban J connectivity index is 0.000000116. The molecule has 49 nitrogen and oxygen atoms in total. The van der Waals surface area contributed by atoms with Crippen LogP contribution >= 0.6 is 50.5 Å². The normalized spacial score (nSPS) is 16.6. The fourth-order valence-corrected chi connectivity index (χ4v) is 18.7. The number of piperidine rings is 1. The first-order chi connectivity index (χ1) is 69.7. The average Bonchev–Trinajstić information content (AvgIpc) is 1.56. The van der Waals surface area contributed by atoms with Crippen LogP contribution in [-0.2, 0) is 20.1 Å². The number of carbonyl (C=O) groups is 1. The first-order valence-electron chi connectivity index (χ1n) is 46.4. The summed E-state index contributed by atoms with van der Waals surface area (Å²) >= 11 is 18.0. The van der Waals surface area contributed by atoms with Crippen LogP contribution < -0.4 is 98.2 Å². The van der Waals surface area contributed by atoms with E-state index in [2.05, 4.69) is 171 Å². The van der Waals surface area contributed by atoms with Gasteiger partial charge in [-0.2, -0.15) is 72.4 Å². The van der Waals surface area contributed by atoms with Gasteiger partial charge in [-0.3, -0.25) is 29.7 Å². The van der Waals surface area contributed by atoms with Crippen LogP contribution in [0.5, 0.6) is 0 Å². The number of benzene rings is 2. The average molecular weight is 2080 g/mol. The van der Waals surface area contributed by atoms with Crippen molar-refractivity contribution in [2.45, 2.75) is 88.6 Å². The maximum absolute atomic E-state index is 12.7. The lowest BCUT2D eigenvalue weighted by Gasteiger charge is -2.30. The number of halogens is 3. The molecule has 0 aliphatic carbocycles. The minimum absolute atomic E-state index is 0.0964. The third-order valence-corrected chi connectivity index (χ3v) is 26.7. The molecule has 18 aromatic rings. The fraction of sp³-hybridized carbons (Fsp3) is 0.319. The van der Waals surface area contributed by atoms with Crippen molar-refractivity contribution in [2.75, 3.05) is 163 Å². The Morgan fingerprint density at radius 3 is 1.78 bits per heavy atom. The van der Waals surface area contributed by atoms with Crippen molar-refractivity contribution < 1.29 is 14.6 Å². The third kappa shape index (κ3) is 22.9. The Morgan fingerprint density at radius 2 is 1.17 bits per heavy atom. The molecule has 0 spiro atoms. The van der Waals surface area contributed by atoms with Crippen LogP contribution in [-0.4, -0.2) is 249 Å². The quantitative estimate of drug-likeness (QED) is 0.0172. The summed E-state index contributed by atoms with van der Waals surface area (Å²) in [7, 11) is 4.01. The van der Waals surface area contributed by atoms with E-state index in [9.17, 15) is 25.0 Å². The number of nitrogen functional groups attached to an aromatic ring is 7. The van der Waals surface area contributed by atoms with E-state index in [1.54, 1.807) is 96.9 Å². The molecule has 5 atom stereocenters. The Hall–Kier alpha value is -15.6. The predicted octanol–water partition coefficient (Wildman–Crippen LogP) is 8.42. The van der Waals surface area contributed by atoms with Crippen molar-refractivity contribution >= 4 is 183 Å². The molecular formula is C91H109BrCl2N44O5S. The first-order valence-corrected chi connectivity index (χ1v) is 48.8. The van der Waals surface area contributed by atoms with Crippen molar-refractivity contribution in [3.63, 3.8) is 0 Å². The molecule has 0 saturated carbocycles. The summed E-state index contributed by atoms with van der Waals surface area (Å²) in [5.41, 5.74) is 61.8. The number of hydrogen-bond donors (Lipinski definition) is 15. The summed E-state index contributed by atoms with van der Waals surface area (Å²) in [5.74, 6) is 7.42. The van der Waals surface area contributed by atoms with Gasteiger partial charge >= 0.3 is 11.4 Å². The highest BCUT2D eigenvalue weighted by Gasteiger charge is 2.32. The summed E-state index contributed by atoms with van der Waals surface area (Å²) in [6, 6.07) is 37.0. The number of aromatic nitrogens is 23. The van der Waals surface area contributed by atoms with E-state index >= 15 is 0 Å². The number of carbonyl (C=O) groups excluding carboxylic acids is 1. The molecule has 24 N–H and O–H groups in total. The number of thiophene rings is 1. The van der Waals surface area contributed by atoms with Gasteiger partial charge in [0, 0.05) is 179 Å². The summed E-state index contributed by atoms with van der Waals surface area (Å²) in [6.07, 6.45) is 20.5. The summed E-state index contributed by atoms with van der Waals surface area (Å²) < 4.78 is 13.0. The summed E-state index contributed by atoms with van der Waals surface area (Å²) in [6.45, 7) is 14.9. The second kappa shape index (κ2) is 45.1. The molecule has 5 aliphatic rings. The molecule has 2 aromatic carbocycles. The second-order valence-electron chi connectivity index (χ2n) is 34.6. The van der Waals surface area contributed by atoms with Crippen LogP contribution in [0.4, 0.5) is 87.0 Å². The number of likely N-dealkylation sites (tertiary alicyclic amines) is 1. The molecule has 53 heteroatoms. The minimum atomic E-state index is -0.520. The second-order valence-corrected chi connectivity index (χ2v) is 37.3. The van der Waals surface area contributed by atoms with E-state index < -0.39 is 9.85 Å². The molecule has 16 aromatic heterocycles. The van der Waals surface area contributed by atoms with Gasteiger partial charge in [0.15, 0.2) is 39.8 Å². The number of nitrogens with zero attached hydrogens (tertiary/aromatic N) is 29. The smallest absolute Gasteiger partial charge is 0.333 e. The lowest BCUT2D eigenvalue weighted by molar-refractivity contribution is -0.383. The number of aryl methyl sites for hydroxylation is 1. The fourth-order valence-electron chi connectivity index (χ4n) is 17.2. The standard InChI is InChI=1S/C17H18N6O.C16H20ClN7.C15H17N5.C12H17BrClN7.C11H11N5S.2C10H13N7O2/c18-14-8-15(21-12-6-7-19-9-12)22-17-13(10-20-23(14)17)16(24)11-4-2-1-3-5-11;1-22-5-3-4-10(8-22)14-13(17)15(18)24-16(21-14)12(7-20-24)11-6-19-23(2)9-11;1-2-19(11-12-6-4-3-5-7-12)15-10-13(16)20-14(18-15)8-9-17-20;13-8-5-18-21-10(16)9(14)12(19-11(8)21)20-4-1-7(6-20)17-3-2-15;12-9-6-10(13-7-8-2-1-5-17-8)15-11-3-4-14-16(9)11;11-6-1-2-15(5-6)9-3-8(12)16-10(14-9)7(4-13-16)17(18)19;11-8-3-9(14-6-1-2-12-4-6)15-10-7(17(18)19)5-13-16(8)10/h1-5,8,10,12,19H,6-7,9,18H2,(H,21,22);6-7,9-10H,3-5,8,18H2,1-2H3;3-10H,2,11,16H2,1H3;5,7,17H,1-4,6,15-16H2;1-6H,7,12H2,(H,13,15);3-4,6H,1-2,5,11-12H2;3,5-6,12H,1-2,4,11H2,(H,14,15)/t12-;;;7-;;2*6-/m0..0.00/s1. The SMILES string of the molecule is CCN(Cc1ccccc1)c1cc(N)n2nccc2n1.CN1CCCC(c2nc3c(-c4cnn(C)c4)cnn3c(N)c2Cl)C1.NCCN[C@H]1CCN(c2nc3c(Br)cnn3c(N)c2Cl)C1.Nc1cc(N2CC[C@H](N)C2)nc2c([N+](=O)[O-])cnn12.Nc1cc(NCc2cccs2)nc2ccnn12.Nc1cc(N[C@H]2CCNC2)nc2c(C(=O)c3ccccc3)cnn12.Nc1cc(N[C@H]2CCNC2)nc2c([N+](=O)[O-])cnn12.